The van der Waals surface area contributed by atoms with E-state index in [9.17, 15) is 0 Å². The van der Waals surface area contributed by atoms with Gasteiger partial charge in [-0.25, -0.2) is 0 Å². The third kappa shape index (κ3) is 7.34. The Hall–Kier alpha value is -1.26. The molecule has 154 valence electrons. The van der Waals surface area contributed by atoms with Crippen molar-refractivity contribution in [2.75, 3.05) is 53.6 Å². The Morgan fingerprint density at radius 3 is 2.59 bits per heavy atom. The molecule has 8 heteroatoms. The number of methoxy groups -OCH3 is 2. The Labute approximate surface area is 179 Å². The molecular weight excluding hydrogens is 459 g/mol. The fourth-order valence-electron chi connectivity index (χ4n) is 3.01. The molecule has 0 radical (unpaired) electrons. The molecule has 2 rings (SSSR count). The Balaban J connectivity index is 0.00000364. The van der Waals surface area contributed by atoms with Crippen LogP contribution < -0.4 is 20.5 Å². The Kier molecular flexibility index (Phi) is 11.5. The third-order valence-corrected chi connectivity index (χ3v) is 4.55. The number of hydrogen-bond donors (Lipinski definition) is 2. The molecule has 0 aliphatic carbocycles. The van der Waals surface area contributed by atoms with Gasteiger partial charge < -0.3 is 25.3 Å². The lowest BCUT2D eigenvalue weighted by molar-refractivity contribution is 0.0179. The van der Waals surface area contributed by atoms with E-state index in [1.54, 1.807) is 14.2 Å². The minimum atomic E-state index is 0. The van der Waals surface area contributed by atoms with E-state index in [1.807, 2.05) is 12.1 Å². The number of guanidine groups is 1. The average molecular weight is 492 g/mol. The van der Waals surface area contributed by atoms with Crippen LogP contribution >= 0.6 is 24.0 Å². The van der Waals surface area contributed by atoms with Crippen LogP contribution in [0.5, 0.6) is 11.5 Å². The summed E-state index contributed by atoms with van der Waals surface area (Å²) in [6.07, 6.45) is 2.21. The van der Waals surface area contributed by atoms with Crippen LogP contribution in [0.4, 0.5) is 0 Å². The highest BCUT2D eigenvalue weighted by molar-refractivity contribution is 14.0. The van der Waals surface area contributed by atoms with E-state index in [4.69, 9.17) is 19.9 Å². The van der Waals surface area contributed by atoms with Crippen LogP contribution in [-0.4, -0.2) is 64.5 Å². The molecule has 0 saturated carbocycles. The lowest BCUT2D eigenvalue weighted by Crippen LogP contribution is -2.41. The molecule has 1 fully saturated rings. The van der Waals surface area contributed by atoms with Gasteiger partial charge in [-0.05, 0) is 24.1 Å². The molecule has 1 aromatic rings. The molecule has 1 saturated heterocycles. The molecule has 0 amide bonds. The zero-order valence-electron chi connectivity index (χ0n) is 16.6. The second kappa shape index (κ2) is 13.0. The van der Waals surface area contributed by atoms with Crippen molar-refractivity contribution in [2.24, 2.45) is 10.7 Å². The topological polar surface area (TPSA) is 81.3 Å². The van der Waals surface area contributed by atoms with Crippen molar-refractivity contribution in [3.8, 4) is 11.5 Å². The molecule has 3 N–H and O–H groups in total. The third-order valence-electron chi connectivity index (χ3n) is 4.55. The van der Waals surface area contributed by atoms with Crippen LogP contribution in [0, 0.1) is 0 Å². The molecule has 1 heterocycles. The Morgan fingerprint density at radius 1 is 1.26 bits per heavy atom. The maximum absolute atomic E-state index is 6.02. The summed E-state index contributed by atoms with van der Waals surface area (Å²) in [7, 11) is 3.29. The molecule has 1 aromatic carbocycles. The average Bonchev–Trinajstić information content (AvgIpc) is 2.69. The second-order valence-corrected chi connectivity index (χ2v) is 6.28. The molecular formula is C19H33IN4O3. The first kappa shape index (κ1) is 23.8. The van der Waals surface area contributed by atoms with Crippen LogP contribution in [-0.2, 0) is 4.74 Å². The van der Waals surface area contributed by atoms with Gasteiger partial charge in [0, 0.05) is 19.6 Å². The zero-order chi connectivity index (χ0) is 18.8. The van der Waals surface area contributed by atoms with Crippen molar-refractivity contribution in [3.63, 3.8) is 0 Å². The molecule has 7 nitrogen and oxygen atoms in total. The number of aliphatic imine (C=N–C) groups is 1. The van der Waals surface area contributed by atoms with E-state index in [0.717, 1.165) is 62.8 Å². The largest absolute Gasteiger partial charge is 0.493 e. The molecule has 1 atom stereocenters. The van der Waals surface area contributed by atoms with E-state index in [0.29, 0.717) is 12.5 Å². The van der Waals surface area contributed by atoms with Gasteiger partial charge in [0.1, 0.15) is 0 Å². The quantitative estimate of drug-likeness (QED) is 0.239. The summed E-state index contributed by atoms with van der Waals surface area (Å²) in [5, 5.41) is 3.17. The highest BCUT2D eigenvalue weighted by Gasteiger charge is 2.23. The summed E-state index contributed by atoms with van der Waals surface area (Å²) in [5.41, 5.74) is 7.16. The van der Waals surface area contributed by atoms with Crippen molar-refractivity contribution in [1.29, 1.82) is 0 Å². The van der Waals surface area contributed by atoms with E-state index < -0.39 is 0 Å². The smallest absolute Gasteiger partial charge is 0.188 e. The number of nitrogens with zero attached hydrogens (tertiary/aromatic N) is 2. The van der Waals surface area contributed by atoms with Gasteiger partial charge in [0.15, 0.2) is 17.5 Å². The molecule has 0 spiro atoms. The fourth-order valence-corrected chi connectivity index (χ4v) is 3.01. The number of rotatable bonds is 9. The van der Waals surface area contributed by atoms with Crippen molar-refractivity contribution in [2.45, 2.75) is 25.8 Å². The number of ether oxygens (including phenoxy) is 3. The van der Waals surface area contributed by atoms with Gasteiger partial charge >= 0.3 is 0 Å². The van der Waals surface area contributed by atoms with Gasteiger partial charge in [-0.1, -0.05) is 19.4 Å². The fraction of sp³-hybridized carbons (Fsp3) is 0.632. The Morgan fingerprint density at radius 2 is 1.96 bits per heavy atom. The summed E-state index contributed by atoms with van der Waals surface area (Å²) in [6, 6.07) is 6.14. The van der Waals surface area contributed by atoms with Crippen molar-refractivity contribution in [3.05, 3.63) is 23.8 Å². The minimum Gasteiger partial charge on any atom is -0.493 e. The van der Waals surface area contributed by atoms with Crippen molar-refractivity contribution >= 4 is 29.9 Å². The predicted octanol–water partition coefficient (Wildman–Crippen LogP) is 2.40. The van der Waals surface area contributed by atoms with Crippen LogP contribution in [0.3, 0.4) is 0 Å². The van der Waals surface area contributed by atoms with Gasteiger partial charge in [-0.15, -0.1) is 24.0 Å². The molecule has 0 aromatic heterocycles. The molecule has 1 aliphatic rings. The summed E-state index contributed by atoms with van der Waals surface area (Å²) in [5.74, 6) is 1.94. The van der Waals surface area contributed by atoms with Gasteiger partial charge in [0.25, 0.3) is 0 Å². The van der Waals surface area contributed by atoms with Gasteiger partial charge in [-0.2, -0.15) is 0 Å². The van der Waals surface area contributed by atoms with Crippen LogP contribution in [0.1, 0.15) is 31.4 Å². The number of halogens is 1. The zero-order valence-corrected chi connectivity index (χ0v) is 18.9. The number of benzene rings is 1. The lowest BCUT2D eigenvalue weighted by atomic mass is 10.0. The standard InChI is InChI=1S/C19H32N4O3.HI/c1-4-5-8-21-19(20)22-14-16(23-9-11-26-12-10-23)15-6-7-17(24-2)18(13-15)25-3;/h6-7,13,16H,4-5,8-12,14H2,1-3H3,(H3,20,21,22);1H. The van der Waals surface area contributed by atoms with Gasteiger partial charge in [-0.3, -0.25) is 9.89 Å². The van der Waals surface area contributed by atoms with E-state index in [-0.39, 0.29) is 30.0 Å². The van der Waals surface area contributed by atoms with Crippen LogP contribution in [0.15, 0.2) is 23.2 Å². The number of unbranched alkanes of at least 4 members (excludes halogenated alkanes) is 1. The molecule has 1 unspecified atom stereocenters. The first-order valence-electron chi connectivity index (χ1n) is 9.27. The Bertz CT molecular complexity index is 580. The maximum Gasteiger partial charge on any atom is 0.188 e. The second-order valence-electron chi connectivity index (χ2n) is 6.28. The van der Waals surface area contributed by atoms with Crippen LogP contribution in [0.2, 0.25) is 0 Å². The number of morpholine rings is 1. The number of nitrogens with one attached hydrogen (secondary N) is 1. The normalized spacial score (nSPS) is 16.3. The van der Waals surface area contributed by atoms with Crippen LogP contribution in [0.25, 0.3) is 0 Å². The first-order valence-corrected chi connectivity index (χ1v) is 9.27. The van der Waals surface area contributed by atoms with E-state index in [2.05, 4.69) is 28.2 Å². The monoisotopic (exact) mass is 492 g/mol. The van der Waals surface area contributed by atoms with E-state index in [1.165, 1.54) is 0 Å². The molecule has 27 heavy (non-hydrogen) atoms. The highest BCUT2D eigenvalue weighted by Crippen LogP contribution is 2.32. The maximum atomic E-state index is 6.02. The summed E-state index contributed by atoms with van der Waals surface area (Å²) < 4.78 is 16.3. The summed E-state index contributed by atoms with van der Waals surface area (Å²) >= 11 is 0. The van der Waals surface area contributed by atoms with Gasteiger partial charge in [0.2, 0.25) is 0 Å². The van der Waals surface area contributed by atoms with E-state index >= 15 is 0 Å². The predicted molar refractivity (Wildman–Crippen MR) is 119 cm³/mol. The number of nitrogens with two attached hydrogens (primary N) is 1. The first-order chi connectivity index (χ1) is 12.7. The van der Waals surface area contributed by atoms with Crippen molar-refractivity contribution < 1.29 is 14.2 Å². The molecule has 1 aliphatic heterocycles. The lowest BCUT2D eigenvalue weighted by Gasteiger charge is -2.34. The summed E-state index contributed by atoms with van der Waals surface area (Å²) in [6.45, 7) is 6.80. The summed E-state index contributed by atoms with van der Waals surface area (Å²) in [4.78, 5) is 6.96. The molecule has 0 bridgehead atoms. The minimum absolute atomic E-state index is 0. The highest BCUT2D eigenvalue weighted by atomic mass is 127. The number of hydrogen-bond acceptors (Lipinski definition) is 5. The SMILES string of the molecule is CCCCNC(N)=NCC(c1ccc(OC)c(OC)c1)N1CCOCC1.I. The van der Waals surface area contributed by atoms with Gasteiger partial charge in [0.05, 0.1) is 40.0 Å². The van der Waals surface area contributed by atoms with Crippen molar-refractivity contribution in [1.82, 2.24) is 10.2 Å².